The molecule has 1 aromatic rings. The van der Waals surface area contributed by atoms with Gasteiger partial charge in [-0.25, -0.2) is 4.39 Å². The third kappa shape index (κ3) is 2.98. The van der Waals surface area contributed by atoms with Crippen LogP contribution in [-0.2, 0) is 4.79 Å². The van der Waals surface area contributed by atoms with Crippen LogP contribution in [0.5, 0.6) is 0 Å². The monoisotopic (exact) mass is 304 g/mol. The van der Waals surface area contributed by atoms with Crippen molar-refractivity contribution >= 4 is 11.8 Å². The van der Waals surface area contributed by atoms with E-state index < -0.39 is 5.82 Å². The molecule has 4 nitrogen and oxygen atoms in total. The average molecular weight is 304 g/mol. The number of amides is 2. The van der Waals surface area contributed by atoms with Gasteiger partial charge < -0.3 is 9.80 Å². The van der Waals surface area contributed by atoms with Gasteiger partial charge in [0.05, 0.1) is 5.56 Å². The highest BCUT2D eigenvalue weighted by Crippen LogP contribution is 2.23. The van der Waals surface area contributed by atoms with Crippen LogP contribution >= 0.6 is 0 Å². The van der Waals surface area contributed by atoms with E-state index in [2.05, 4.69) is 0 Å². The molecule has 2 aliphatic rings. The van der Waals surface area contributed by atoms with Gasteiger partial charge in [-0.15, -0.1) is 0 Å². The Labute approximate surface area is 129 Å². The molecule has 0 bridgehead atoms. The maximum atomic E-state index is 13.7. The maximum absolute atomic E-state index is 13.7. The van der Waals surface area contributed by atoms with Crippen LogP contribution in [0.4, 0.5) is 4.39 Å². The van der Waals surface area contributed by atoms with Crippen molar-refractivity contribution in [1.29, 1.82) is 0 Å². The minimum Gasteiger partial charge on any atom is -0.342 e. The van der Waals surface area contributed by atoms with E-state index in [4.69, 9.17) is 0 Å². The van der Waals surface area contributed by atoms with E-state index in [1.54, 1.807) is 17.0 Å². The van der Waals surface area contributed by atoms with Crippen LogP contribution in [-0.4, -0.2) is 47.8 Å². The first-order valence-corrected chi connectivity index (χ1v) is 7.99. The molecule has 0 unspecified atom stereocenters. The van der Waals surface area contributed by atoms with Gasteiger partial charge in [0, 0.05) is 32.1 Å². The predicted molar refractivity (Wildman–Crippen MR) is 80.8 cm³/mol. The van der Waals surface area contributed by atoms with Crippen molar-refractivity contribution in [3.05, 3.63) is 35.6 Å². The zero-order valence-electron chi connectivity index (χ0n) is 12.6. The Hall–Kier alpha value is -1.91. The van der Waals surface area contributed by atoms with Gasteiger partial charge in [0.15, 0.2) is 0 Å². The molecule has 1 aromatic carbocycles. The van der Waals surface area contributed by atoms with Crippen LogP contribution < -0.4 is 0 Å². The van der Waals surface area contributed by atoms with Crippen molar-refractivity contribution in [1.82, 2.24) is 9.80 Å². The average Bonchev–Trinajstić information content (AvgIpc) is 3.09. The Morgan fingerprint density at radius 1 is 0.955 bits per heavy atom. The summed E-state index contributed by atoms with van der Waals surface area (Å²) in [6.45, 7) is 2.79. The highest BCUT2D eigenvalue weighted by Gasteiger charge is 2.31. The second-order valence-electron chi connectivity index (χ2n) is 6.08. The predicted octanol–water partition coefficient (Wildman–Crippen LogP) is 2.30. The lowest BCUT2D eigenvalue weighted by atomic mass is 9.95. The Morgan fingerprint density at radius 2 is 1.59 bits per heavy atom. The minimum absolute atomic E-state index is 0.0165. The van der Waals surface area contributed by atoms with Crippen LogP contribution in [0.3, 0.4) is 0 Å². The molecule has 0 aromatic heterocycles. The largest absolute Gasteiger partial charge is 0.342 e. The first-order valence-electron chi connectivity index (χ1n) is 7.99. The summed E-state index contributed by atoms with van der Waals surface area (Å²) in [4.78, 5) is 28.3. The molecule has 0 radical (unpaired) electrons. The fraction of sp³-hybridized carbons (Fsp3) is 0.529. The molecule has 0 N–H and O–H groups in total. The van der Waals surface area contributed by atoms with E-state index in [-0.39, 0.29) is 23.3 Å². The second-order valence-corrected chi connectivity index (χ2v) is 6.08. The van der Waals surface area contributed by atoms with Crippen molar-refractivity contribution in [3.8, 4) is 0 Å². The quantitative estimate of drug-likeness (QED) is 0.841. The zero-order chi connectivity index (χ0) is 15.5. The summed E-state index contributed by atoms with van der Waals surface area (Å²) in [5.74, 6) is -0.508. The smallest absolute Gasteiger partial charge is 0.256 e. The van der Waals surface area contributed by atoms with Crippen molar-refractivity contribution in [2.75, 3.05) is 26.2 Å². The molecule has 0 spiro atoms. The number of nitrogens with zero attached hydrogens (tertiary/aromatic N) is 2. The van der Waals surface area contributed by atoms with E-state index in [0.717, 1.165) is 25.9 Å². The molecule has 0 aliphatic carbocycles. The van der Waals surface area contributed by atoms with E-state index in [9.17, 15) is 14.0 Å². The van der Waals surface area contributed by atoms with Gasteiger partial charge in [0.1, 0.15) is 5.82 Å². The lowest BCUT2D eigenvalue weighted by molar-refractivity contribution is -0.135. The number of rotatable bonds is 2. The van der Waals surface area contributed by atoms with Gasteiger partial charge in [-0.2, -0.15) is 0 Å². The topological polar surface area (TPSA) is 40.6 Å². The maximum Gasteiger partial charge on any atom is 0.256 e. The normalized spacial score (nSPS) is 19.5. The Morgan fingerprint density at radius 3 is 2.23 bits per heavy atom. The summed E-state index contributed by atoms with van der Waals surface area (Å²) in [5.41, 5.74) is 0.117. The van der Waals surface area contributed by atoms with Gasteiger partial charge in [-0.05, 0) is 37.8 Å². The molecule has 2 aliphatic heterocycles. The lowest BCUT2D eigenvalue weighted by Crippen LogP contribution is -2.44. The third-order valence-electron chi connectivity index (χ3n) is 4.65. The first-order chi connectivity index (χ1) is 10.7. The van der Waals surface area contributed by atoms with Crippen LogP contribution in [0.1, 0.15) is 36.0 Å². The fourth-order valence-corrected chi connectivity index (χ4v) is 3.33. The molecule has 2 fully saturated rings. The molecule has 22 heavy (non-hydrogen) atoms. The number of piperidine rings is 1. The van der Waals surface area contributed by atoms with E-state index in [0.29, 0.717) is 25.9 Å². The van der Waals surface area contributed by atoms with Gasteiger partial charge in [-0.1, -0.05) is 12.1 Å². The van der Waals surface area contributed by atoms with E-state index in [1.165, 1.54) is 12.1 Å². The summed E-state index contributed by atoms with van der Waals surface area (Å²) in [6.07, 6.45) is 3.54. The lowest BCUT2D eigenvalue weighted by Gasteiger charge is -2.33. The molecule has 0 atom stereocenters. The molecule has 2 saturated heterocycles. The molecular formula is C17H21FN2O2. The number of halogens is 1. The van der Waals surface area contributed by atoms with Crippen LogP contribution in [0.15, 0.2) is 24.3 Å². The fourth-order valence-electron chi connectivity index (χ4n) is 3.33. The molecule has 2 heterocycles. The summed E-state index contributed by atoms with van der Waals surface area (Å²) in [6, 6.07) is 6.06. The number of likely N-dealkylation sites (tertiary alicyclic amines) is 2. The SMILES string of the molecule is O=C(c1ccccc1F)N1CCC(C(=O)N2CCCC2)CC1. The van der Waals surface area contributed by atoms with Crippen molar-refractivity contribution in [2.45, 2.75) is 25.7 Å². The van der Waals surface area contributed by atoms with Crippen molar-refractivity contribution < 1.29 is 14.0 Å². The highest BCUT2D eigenvalue weighted by molar-refractivity contribution is 5.94. The molecule has 2 amide bonds. The summed E-state index contributed by atoms with van der Waals surface area (Å²) >= 11 is 0. The van der Waals surface area contributed by atoms with Gasteiger partial charge >= 0.3 is 0 Å². The molecule has 3 rings (SSSR count). The van der Waals surface area contributed by atoms with Gasteiger partial charge in [0.25, 0.3) is 5.91 Å². The Kier molecular flexibility index (Phi) is 4.41. The first kappa shape index (κ1) is 15.0. The number of hydrogen-bond acceptors (Lipinski definition) is 2. The Balaban J connectivity index is 1.58. The standard InChI is InChI=1S/C17H21FN2O2/c18-15-6-2-1-5-14(15)17(22)20-11-7-13(8-12-20)16(21)19-9-3-4-10-19/h1-2,5-6,13H,3-4,7-12H2. The second kappa shape index (κ2) is 6.46. The van der Waals surface area contributed by atoms with Crippen molar-refractivity contribution in [2.24, 2.45) is 5.92 Å². The molecule has 118 valence electrons. The molecule has 5 heteroatoms. The number of hydrogen-bond donors (Lipinski definition) is 0. The molecule has 0 saturated carbocycles. The van der Waals surface area contributed by atoms with Crippen LogP contribution in [0.2, 0.25) is 0 Å². The van der Waals surface area contributed by atoms with Crippen LogP contribution in [0, 0.1) is 11.7 Å². The zero-order valence-corrected chi connectivity index (χ0v) is 12.6. The third-order valence-corrected chi connectivity index (χ3v) is 4.65. The number of carbonyl (C=O) groups is 2. The van der Waals surface area contributed by atoms with Gasteiger partial charge in [-0.3, -0.25) is 9.59 Å². The van der Waals surface area contributed by atoms with Crippen LogP contribution in [0.25, 0.3) is 0 Å². The summed E-state index contributed by atoms with van der Waals surface area (Å²) in [5, 5.41) is 0. The van der Waals surface area contributed by atoms with Crippen molar-refractivity contribution in [3.63, 3.8) is 0 Å². The highest BCUT2D eigenvalue weighted by atomic mass is 19.1. The van der Waals surface area contributed by atoms with E-state index >= 15 is 0 Å². The Bertz CT molecular complexity index is 562. The number of benzene rings is 1. The van der Waals surface area contributed by atoms with Gasteiger partial charge in [0.2, 0.25) is 5.91 Å². The van der Waals surface area contributed by atoms with E-state index in [1.807, 2.05) is 4.90 Å². The molecular weight excluding hydrogens is 283 g/mol. The summed E-state index contributed by atoms with van der Waals surface area (Å²) < 4.78 is 13.7. The number of carbonyl (C=O) groups excluding carboxylic acids is 2. The minimum atomic E-state index is -0.484. The summed E-state index contributed by atoms with van der Waals surface area (Å²) in [7, 11) is 0.